The highest BCUT2D eigenvalue weighted by atomic mass is 79.9. The number of anilines is 3. The van der Waals surface area contributed by atoms with Crippen molar-refractivity contribution in [2.45, 2.75) is 33.2 Å². The molecular weight excluding hydrogens is 416 g/mol. The number of nitrogens with one attached hydrogen (secondary N) is 1. The maximum absolute atomic E-state index is 13.5. The second-order valence-corrected chi connectivity index (χ2v) is 8.06. The Morgan fingerprint density at radius 3 is 2.57 bits per heavy atom. The number of rotatable bonds is 3. The number of nitrogens with zero attached hydrogens (tertiary/aromatic N) is 3. The molecule has 1 aromatic heterocycles. The van der Waals surface area contributed by atoms with Crippen LogP contribution in [-0.2, 0) is 6.42 Å². The summed E-state index contributed by atoms with van der Waals surface area (Å²) in [6, 6.07) is 15.6. The van der Waals surface area contributed by atoms with Gasteiger partial charge >= 0.3 is 0 Å². The number of hydrogen-bond donors (Lipinski definition) is 1. The highest BCUT2D eigenvalue weighted by Crippen LogP contribution is 2.36. The molecular formula is C22H21BrN4O. The minimum Gasteiger partial charge on any atom is -0.323 e. The van der Waals surface area contributed by atoms with Gasteiger partial charge in [0.2, 0.25) is 5.95 Å². The largest absolute Gasteiger partial charge is 0.323 e. The summed E-state index contributed by atoms with van der Waals surface area (Å²) in [7, 11) is 0. The molecule has 1 aliphatic rings. The zero-order valence-corrected chi connectivity index (χ0v) is 17.6. The van der Waals surface area contributed by atoms with Crippen LogP contribution in [0.2, 0.25) is 0 Å². The van der Waals surface area contributed by atoms with Gasteiger partial charge in [0, 0.05) is 27.6 Å². The van der Waals surface area contributed by atoms with Gasteiger partial charge in [0.15, 0.2) is 0 Å². The van der Waals surface area contributed by atoms with E-state index < -0.39 is 0 Å². The first kappa shape index (κ1) is 18.6. The lowest BCUT2D eigenvalue weighted by atomic mass is 10.1. The first-order chi connectivity index (χ1) is 13.4. The topological polar surface area (TPSA) is 58.1 Å². The highest BCUT2D eigenvalue weighted by Gasteiger charge is 2.32. The van der Waals surface area contributed by atoms with E-state index in [9.17, 15) is 4.79 Å². The molecule has 0 aliphatic carbocycles. The molecule has 1 aliphatic heterocycles. The first-order valence-electron chi connectivity index (χ1n) is 9.22. The molecule has 0 bridgehead atoms. The fraction of sp³-hybridized carbons (Fsp3) is 0.227. The number of benzene rings is 2. The van der Waals surface area contributed by atoms with Crippen molar-refractivity contribution in [1.29, 1.82) is 0 Å². The minimum atomic E-state index is -0.0268. The van der Waals surface area contributed by atoms with E-state index in [1.54, 1.807) is 0 Å². The molecule has 2 aromatic carbocycles. The maximum atomic E-state index is 13.5. The Hall–Kier alpha value is -2.73. The molecule has 28 heavy (non-hydrogen) atoms. The number of aryl methyl sites for hydroxylation is 2. The van der Waals surface area contributed by atoms with Gasteiger partial charge in [-0.05, 0) is 69.2 Å². The van der Waals surface area contributed by atoms with Gasteiger partial charge in [-0.25, -0.2) is 9.97 Å². The first-order valence-corrected chi connectivity index (χ1v) is 10.0. The van der Waals surface area contributed by atoms with E-state index >= 15 is 0 Å². The van der Waals surface area contributed by atoms with Crippen LogP contribution in [-0.4, -0.2) is 21.9 Å². The number of amides is 1. The number of halogens is 1. The molecule has 5 nitrogen and oxygen atoms in total. The Kier molecular flexibility index (Phi) is 4.89. The van der Waals surface area contributed by atoms with Crippen LogP contribution in [0, 0.1) is 13.8 Å². The Morgan fingerprint density at radius 1 is 1.11 bits per heavy atom. The van der Waals surface area contributed by atoms with E-state index in [1.807, 2.05) is 61.2 Å². The SMILES string of the molecule is Cc1cc(C)nc(Nc2ccccc2C(=O)N2c3ccc(Br)cc3C[C@@H]2C)n1. The molecule has 2 heterocycles. The molecule has 0 unspecified atom stereocenters. The van der Waals surface area contributed by atoms with Crippen molar-refractivity contribution in [3.05, 3.63) is 75.5 Å². The van der Waals surface area contributed by atoms with Crippen molar-refractivity contribution in [1.82, 2.24) is 9.97 Å². The monoisotopic (exact) mass is 436 g/mol. The fourth-order valence-corrected chi connectivity index (χ4v) is 4.13. The van der Waals surface area contributed by atoms with Gasteiger partial charge in [0.25, 0.3) is 5.91 Å². The van der Waals surface area contributed by atoms with Crippen LogP contribution in [0.15, 0.2) is 53.0 Å². The summed E-state index contributed by atoms with van der Waals surface area (Å²) in [4.78, 5) is 24.2. The average molecular weight is 437 g/mol. The van der Waals surface area contributed by atoms with Gasteiger partial charge in [-0.2, -0.15) is 0 Å². The summed E-state index contributed by atoms with van der Waals surface area (Å²) in [5.41, 5.74) is 5.22. The van der Waals surface area contributed by atoms with E-state index in [0.717, 1.165) is 28.0 Å². The van der Waals surface area contributed by atoms with Crippen LogP contribution in [0.5, 0.6) is 0 Å². The molecule has 0 spiro atoms. The van der Waals surface area contributed by atoms with Gasteiger partial charge in [-0.1, -0.05) is 28.1 Å². The highest BCUT2D eigenvalue weighted by molar-refractivity contribution is 9.10. The number of carbonyl (C=O) groups excluding carboxylic acids is 1. The Morgan fingerprint density at radius 2 is 1.82 bits per heavy atom. The molecule has 0 fully saturated rings. The predicted molar refractivity (Wildman–Crippen MR) is 115 cm³/mol. The maximum Gasteiger partial charge on any atom is 0.260 e. The standard InChI is InChI=1S/C22H21BrN4O/c1-13-10-14(2)25-22(24-13)26-19-7-5-4-6-18(19)21(28)27-15(3)11-16-12-17(23)8-9-20(16)27/h4-10,12,15H,11H2,1-3H3,(H,24,25,26)/t15-/m0/s1. The summed E-state index contributed by atoms with van der Waals surface area (Å²) in [6.07, 6.45) is 0.844. The summed E-state index contributed by atoms with van der Waals surface area (Å²) in [5.74, 6) is 0.470. The van der Waals surface area contributed by atoms with Crippen LogP contribution in [0.4, 0.5) is 17.3 Å². The minimum absolute atomic E-state index is 0.0268. The molecule has 4 rings (SSSR count). The van der Waals surface area contributed by atoms with Gasteiger partial charge < -0.3 is 10.2 Å². The summed E-state index contributed by atoms with van der Waals surface area (Å²) in [6.45, 7) is 5.94. The predicted octanol–water partition coefficient (Wildman–Crippen LogP) is 5.19. The van der Waals surface area contributed by atoms with Crippen molar-refractivity contribution in [2.75, 3.05) is 10.2 Å². The van der Waals surface area contributed by atoms with Crippen molar-refractivity contribution >= 4 is 39.2 Å². The van der Waals surface area contributed by atoms with Crippen LogP contribution < -0.4 is 10.2 Å². The number of aromatic nitrogens is 2. The Bertz CT molecular complexity index is 1050. The van der Waals surface area contributed by atoms with Crippen LogP contribution in [0.1, 0.15) is 34.2 Å². The van der Waals surface area contributed by atoms with E-state index in [4.69, 9.17) is 0 Å². The van der Waals surface area contributed by atoms with E-state index in [2.05, 4.69) is 44.2 Å². The van der Waals surface area contributed by atoms with Gasteiger partial charge in [-0.3, -0.25) is 4.79 Å². The van der Waals surface area contributed by atoms with E-state index in [-0.39, 0.29) is 11.9 Å². The third kappa shape index (κ3) is 3.52. The number of carbonyl (C=O) groups is 1. The molecule has 1 atom stereocenters. The zero-order chi connectivity index (χ0) is 19.8. The summed E-state index contributed by atoms with van der Waals surface area (Å²) < 4.78 is 1.03. The second-order valence-electron chi connectivity index (χ2n) is 7.15. The zero-order valence-electron chi connectivity index (χ0n) is 16.0. The lowest BCUT2D eigenvalue weighted by Gasteiger charge is -2.24. The summed E-state index contributed by atoms with van der Waals surface area (Å²) >= 11 is 3.52. The molecule has 1 N–H and O–H groups in total. The van der Waals surface area contributed by atoms with Gasteiger partial charge in [-0.15, -0.1) is 0 Å². The third-order valence-corrected chi connectivity index (χ3v) is 5.36. The molecule has 0 saturated carbocycles. The van der Waals surface area contributed by atoms with Crippen molar-refractivity contribution < 1.29 is 4.79 Å². The average Bonchev–Trinajstić information content (AvgIpc) is 2.95. The van der Waals surface area contributed by atoms with Crippen LogP contribution >= 0.6 is 15.9 Å². The quantitative estimate of drug-likeness (QED) is 0.613. The molecule has 0 radical (unpaired) electrons. The van der Waals surface area contributed by atoms with Crippen molar-refractivity contribution in [3.63, 3.8) is 0 Å². The number of fused-ring (bicyclic) bond motifs is 1. The van der Waals surface area contributed by atoms with E-state index in [1.165, 1.54) is 5.56 Å². The van der Waals surface area contributed by atoms with E-state index in [0.29, 0.717) is 17.2 Å². The Labute approximate surface area is 173 Å². The van der Waals surface area contributed by atoms with Crippen LogP contribution in [0.3, 0.4) is 0 Å². The molecule has 0 saturated heterocycles. The number of hydrogen-bond acceptors (Lipinski definition) is 4. The molecule has 142 valence electrons. The lowest BCUT2D eigenvalue weighted by Crippen LogP contribution is -2.36. The molecule has 1 amide bonds. The van der Waals surface area contributed by atoms with Crippen LogP contribution in [0.25, 0.3) is 0 Å². The van der Waals surface area contributed by atoms with Crippen molar-refractivity contribution in [2.24, 2.45) is 0 Å². The van der Waals surface area contributed by atoms with Gasteiger partial charge in [0.1, 0.15) is 0 Å². The molecule has 6 heteroatoms. The third-order valence-electron chi connectivity index (χ3n) is 4.86. The molecule has 3 aromatic rings. The summed E-state index contributed by atoms with van der Waals surface area (Å²) in [5, 5.41) is 3.23. The second kappa shape index (κ2) is 7.36. The van der Waals surface area contributed by atoms with Gasteiger partial charge in [0.05, 0.1) is 11.3 Å². The normalized spacial score (nSPS) is 15.4. The Balaban J connectivity index is 1.70. The number of para-hydroxylation sites is 1. The lowest BCUT2D eigenvalue weighted by molar-refractivity contribution is 0.0982. The smallest absolute Gasteiger partial charge is 0.260 e. The van der Waals surface area contributed by atoms with Crippen molar-refractivity contribution in [3.8, 4) is 0 Å². The fourth-order valence-electron chi connectivity index (χ4n) is 3.72.